The van der Waals surface area contributed by atoms with E-state index in [9.17, 15) is 4.79 Å². The molecule has 3 heterocycles. The van der Waals surface area contributed by atoms with Crippen LogP contribution in [-0.4, -0.2) is 64.4 Å². The second-order valence-electron chi connectivity index (χ2n) is 7.68. The van der Waals surface area contributed by atoms with E-state index in [1.165, 1.54) is 36.2 Å². The summed E-state index contributed by atoms with van der Waals surface area (Å²) < 4.78 is 7.89. The van der Waals surface area contributed by atoms with Gasteiger partial charge in [0.05, 0.1) is 18.0 Å². The van der Waals surface area contributed by atoms with E-state index in [-0.39, 0.29) is 12.0 Å². The highest BCUT2D eigenvalue weighted by atomic mass is 16.5. The monoisotopic (exact) mass is 346 g/mol. The average molecular weight is 346 g/mol. The number of piperidine rings is 1. The highest BCUT2D eigenvalue weighted by Gasteiger charge is 2.31. The maximum absolute atomic E-state index is 12.8. The molecule has 4 rings (SSSR count). The summed E-state index contributed by atoms with van der Waals surface area (Å²) in [6.45, 7) is 4.91. The zero-order valence-electron chi connectivity index (χ0n) is 15.4. The highest BCUT2D eigenvalue weighted by molar-refractivity contribution is 5.81. The van der Waals surface area contributed by atoms with Crippen molar-refractivity contribution in [2.24, 2.45) is 7.05 Å². The van der Waals surface area contributed by atoms with Crippen molar-refractivity contribution in [3.05, 3.63) is 17.0 Å². The van der Waals surface area contributed by atoms with E-state index in [4.69, 9.17) is 9.84 Å². The number of carbonyl (C=O) groups excluding carboxylic acids is 1. The normalized spacial score (nSPS) is 25.0. The van der Waals surface area contributed by atoms with Crippen molar-refractivity contribution in [3.63, 3.8) is 0 Å². The molecule has 1 amide bonds. The van der Waals surface area contributed by atoms with Gasteiger partial charge in [-0.3, -0.25) is 14.4 Å². The van der Waals surface area contributed by atoms with Crippen molar-refractivity contribution >= 4 is 5.91 Å². The number of aryl methyl sites for hydroxylation is 2. The van der Waals surface area contributed by atoms with Gasteiger partial charge in [-0.2, -0.15) is 5.10 Å². The lowest BCUT2D eigenvalue weighted by molar-refractivity contribution is -0.150. The Morgan fingerprint density at radius 1 is 1.12 bits per heavy atom. The smallest absolute Gasteiger partial charge is 0.253 e. The molecule has 1 aromatic rings. The van der Waals surface area contributed by atoms with Crippen LogP contribution in [0.1, 0.15) is 49.1 Å². The number of fused-ring (bicyclic) bond motifs is 1. The Labute approximate surface area is 150 Å². The molecule has 1 atom stereocenters. The zero-order chi connectivity index (χ0) is 17.2. The quantitative estimate of drug-likeness (QED) is 0.833. The van der Waals surface area contributed by atoms with Gasteiger partial charge in [0.2, 0.25) is 0 Å². The zero-order valence-corrected chi connectivity index (χ0v) is 15.4. The summed E-state index contributed by atoms with van der Waals surface area (Å²) in [4.78, 5) is 17.1. The number of carbonyl (C=O) groups is 1. The van der Waals surface area contributed by atoms with Crippen molar-refractivity contribution in [2.75, 3.05) is 32.8 Å². The molecule has 1 aromatic heterocycles. The molecule has 25 heavy (non-hydrogen) atoms. The first kappa shape index (κ1) is 17.0. The molecule has 0 N–H and O–H groups in total. The van der Waals surface area contributed by atoms with Crippen LogP contribution in [0.4, 0.5) is 0 Å². The van der Waals surface area contributed by atoms with Gasteiger partial charge in [-0.1, -0.05) is 0 Å². The van der Waals surface area contributed by atoms with E-state index in [0.717, 1.165) is 51.9 Å². The summed E-state index contributed by atoms with van der Waals surface area (Å²) >= 11 is 0. The fraction of sp³-hybridized carbons (Fsp3) is 0.789. The topological polar surface area (TPSA) is 50.6 Å². The molecule has 2 aliphatic heterocycles. The van der Waals surface area contributed by atoms with Crippen LogP contribution < -0.4 is 0 Å². The third-order valence-electron chi connectivity index (χ3n) is 5.92. The number of nitrogens with zero attached hydrogens (tertiary/aromatic N) is 4. The van der Waals surface area contributed by atoms with Crippen molar-refractivity contribution in [2.45, 2.75) is 57.6 Å². The Hall–Kier alpha value is -1.40. The van der Waals surface area contributed by atoms with Crippen molar-refractivity contribution < 1.29 is 9.53 Å². The summed E-state index contributed by atoms with van der Waals surface area (Å²) in [6, 6.07) is 0. The number of aromatic nitrogens is 2. The van der Waals surface area contributed by atoms with Gasteiger partial charge in [0.1, 0.15) is 6.10 Å². The van der Waals surface area contributed by atoms with E-state index in [1.54, 1.807) is 0 Å². The summed E-state index contributed by atoms with van der Waals surface area (Å²) in [5.41, 5.74) is 4.08. The molecular formula is C19H30N4O2. The number of morpholine rings is 1. The van der Waals surface area contributed by atoms with Crippen molar-refractivity contribution in [1.29, 1.82) is 0 Å². The van der Waals surface area contributed by atoms with Crippen molar-refractivity contribution in [3.8, 4) is 0 Å². The van der Waals surface area contributed by atoms with Crippen LogP contribution >= 0.6 is 0 Å². The Morgan fingerprint density at radius 3 is 2.76 bits per heavy atom. The van der Waals surface area contributed by atoms with Gasteiger partial charge in [0.25, 0.3) is 5.91 Å². The van der Waals surface area contributed by atoms with Gasteiger partial charge in [-0.05, 0) is 50.5 Å². The van der Waals surface area contributed by atoms with Gasteiger partial charge in [-0.15, -0.1) is 0 Å². The van der Waals surface area contributed by atoms with Crippen LogP contribution in [0.15, 0.2) is 0 Å². The molecule has 2 saturated heterocycles. The van der Waals surface area contributed by atoms with Crippen LogP contribution in [0.3, 0.4) is 0 Å². The van der Waals surface area contributed by atoms with Crippen LogP contribution in [0.5, 0.6) is 0 Å². The van der Waals surface area contributed by atoms with Crippen LogP contribution in [0.25, 0.3) is 0 Å². The lowest BCUT2D eigenvalue weighted by Crippen LogP contribution is -2.51. The van der Waals surface area contributed by atoms with Crippen LogP contribution in [0, 0.1) is 0 Å². The predicted octanol–water partition coefficient (Wildman–Crippen LogP) is 1.51. The standard InChI is InChI=1S/C19H30N4O2/c1-21-17(15-7-3-4-8-16(15)20-21)13-22-11-12-25-18(14-22)19(24)23-9-5-2-6-10-23/h18H,2-14H2,1H3. The molecule has 0 aromatic carbocycles. The summed E-state index contributed by atoms with van der Waals surface area (Å²) in [7, 11) is 2.06. The van der Waals surface area contributed by atoms with Gasteiger partial charge in [0.15, 0.2) is 0 Å². The molecule has 1 aliphatic carbocycles. The predicted molar refractivity (Wildman–Crippen MR) is 95.3 cm³/mol. The first-order valence-electron chi connectivity index (χ1n) is 9.89. The van der Waals surface area contributed by atoms with Crippen LogP contribution in [-0.2, 0) is 36.0 Å². The Morgan fingerprint density at radius 2 is 1.92 bits per heavy atom. The third kappa shape index (κ3) is 3.60. The number of ether oxygens (including phenoxy) is 1. The van der Waals surface area contributed by atoms with E-state index in [1.807, 2.05) is 4.90 Å². The number of amides is 1. The molecule has 138 valence electrons. The minimum absolute atomic E-state index is 0.191. The summed E-state index contributed by atoms with van der Waals surface area (Å²) in [5, 5.41) is 4.73. The molecule has 6 nitrogen and oxygen atoms in total. The molecule has 1 unspecified atom stereocenters. The summed E-state index contributed by atoms with van der Waals surface area (Å²) in [6.07, 6.45) is 8.00. The van der Waals surface area contributed by atoms with Gasteiger partial charge >= 0.3 is 0 Å². The van der Waals surface area contributed by atoms with Gasteiger partial charge in [0, 0.05) is 39.8 Å². The van der Waals surface area contributed by atoms with E-state index in [0.29, 0.717) is 13.2 Å². The first-order valence-corrected chi connectivity index (χ1v) is 9.89. The molecule has 0 spiro atoms. The lowest BCUT2D eigenvalue weighted by Gasteiger charge is -2.36. The van der Waals surface area contributed by atoms with Crippen molar-refractivity contribution in [1.82, 2.24) is 19.6 Å². The first-order chi connectivity index (χ1) is 12.2. The molecule has 3 aliphatic rings. The fourth-order valence-electron chi connectivity index (χ4n) is 4.47. The molecule has 0 saturated carbocycles. The highest BCUT2D eigenvalue weighted by Crippen LogP contribution is 2.25. The Balaban J connectivity index is 1.42. The molecular weight excluding hydrogens is 316 g/mol. The largest absolute Gasteiger partial charge is 0.366 e. The Kier molecular flexibility index (Phi) is 5.08. The maximum Gasteiger partial charge on any atom is 0.253 e. The third-order valence-corrected chi connectivity index (χ3v) is 5.92. The fourth-order valence-corrected chi connectivity index (χ4v) is 4.47. The number of likely N-dealkylation sites (tertiary alicyclic amines) is 1. The lowest BCUT2D eigenvalue weighted by atomic mass is 9.95. The summed E-state index contributed by atoms with van der Waals surface area (Å²) in [5.74, 6) is 0.191. The van der Waals surface area contributed by atoms with Gasteiger partial charge in [-0.25, -0.2) is 0 Å². The minimum Gasteiger partial charge on any atom is -0.366 e. The number of hydrogen-bond donors (Lipinski definition) is 0. The second-order valence-corrected chi connectivity index (χ2v) is 7.68. The Bertz CT molecular complexity index is 621. The minimum atomic E-state index is -0.295. The van der Waals surface area contributed by atoms with E-state index >= 15 is 0 Å². The molecule has 0 radical (unpaired) electrons. The molecule has 2 fully saturated rings. The molecule has 0 bridgehead atoms. The number of rotatable bonds is 3. The van der Waals surface area contributed by atoms with E-state index in [2.05, 4.69) is 16.6 Å². The SMILES string of the molecule is Cn1nc2c(c1CN1CCOC(C(=O)N3CCCCC3)C1)CCCC2. The second kappa shape index (κ2) is 7.46. The average Bonchev–Trinajstić information content (AvgIpc) is 2.97. The van der Waals surface area contributed by atoms with Gasteiger partial charge < -0.3 is 9.64 Å². The molecule has 6 heteroatoms. The van der Waals surface area contributed by atoms with E-state index < -0.39 is 0 Å². The maximum atomic E-state index is 12.8. The number of hydrogen-bond acceptors (Lipinski definition) is 4. The van der Waals surface area contributed by atoms with Crippen LogP contribution in [0.2, 0.25) is 0 Å².